The van der Waals surface area contributed by atoms with E-state index in [1.165, 1.54) is 11.3 Å². The highest BCUT2D eigenvalue weighted by atomic mass is 127. The van der Waals surface area contributed by atoms with E-state index >= 15 is 0 Å². The van der Waals surface area contributed by atoms with Crippen LogP contribution < -0.4 is 10.6 Å². The van der Waals surface area contributed by atoms with Crippen molar-refractivity contribution in [3.8, 4) is 0 Å². The maximum atomic E-state index is 11.6. The molecule has 9 heteroatoms. The molecule has 2 fully saturated rings. The molecule has 0 aliphatic carbocycles. The van der Waals surface area contributed by atoms with Crippen molar-refractivity contribution >= 4 is 41.9 Å². The van der Waals surface area contributed by atoms with Gasteiger partial charge in [-0.05, 0) is 32.4 Å². The Bertz CT molecular complexity index is 482. The summed E-state index contributed by atoms with van der Waals surface area (Å²) in [4.78, 5) is 33.8. The van der Waals surface area contributed by atoms with Crippen molar-refractivity contribution in [2.75, 3.05) is 58.9 Å². The zero-order valence-electron chi connectivity index (χ0n) is 16.2. The average molecular weight is 480 g/mol. The molecule has 2 saturated heterocycles. The number of rotatable bonds is 8. The minimum atomic E-state index is -0.314. The maximum Gasteiger partial charge on any atom is 0.324 e. The Kier molecular flexibility index (Phi) is 10.2. The van der Waals surface area contributed by atoms with Crippen molar-refractivity contribution in [3.63, 3.8) is 0 Å². The van der Waals surface area contributed by atoms with Crippen molar-refractivity contribution in [2.45, 2.75) is 27.2 Å². The van der Waals surface area contributed by atoms with Gasteiger partial charge < -0.3 is 20.4 Å². The van der Waals surface area contributed by atoms with Gasteiger partial charge in [0.15, 0.2) is 5.96 Å². The summed E-state index contributed by atoms with van der Waals surface area (Å²) in [5.74, 6) is 1.37. The average Bonchev–Trinajstić information content (AvgIpc) is 3.20. The Hall–Kier alpha value is -1.10. The van der Waals surface area contributed by atoms with Gasteiger partial charge in [0.2, 0.25) is 5.91 Å². The number of hydrogen-bond donors (Lipinski definition) is 2. The zero-order valence-corrected chi connectivity index (χ0v) is 18.5. The highest BCUT2D eigenvalue weighted by Gasteiger charge is 2.28. The minimum Gasteiger partial charge on any atom is -0.357 e. The Labute approximate surface area is 173 Å². The first-order valence-electron chi connectivity index (χ1n) is 9.42. The number of imide groups is 1. The van der Waals surface area contributed by atoms with Gasteiger partial charge in [-0.1, -0.05) is 13.8 Å². The van der Waals surface area contributed by atoms with Crippen LogP contribution in [0.5, 0.6) is 0 Å². The van der Waals surface area contributed by atoms with Gasteiger partial charge in [-0.2, -0.15) is 0 Å². The van der Waals surface area contributed by atoms with E-state index in [0.717, 1.165) is 45.2 Å². The molecule has 2 rings (SSSR count). The molecule has 0 aromatic heterocycles. The molecule has 1 unspecified atom stereocenters. The van der Waals surface area contributed by atoms with Crippen LogP contribution in [-0.4, -0.2) is 91.5 Å². The number of nitrogens with zero attached hydrogens (tertiary/aromatic N) is 4. The minimum absolute atomic E-state index is 0. The van der Waals surface area contributed by atoms with E-state index < -0.39 is 0 Å². The van der Waals surface area contributed by atoms with Crippen LogP contribution in [0.2, 0.25) is 0 Å². The second-order valence-corrected chi connectivity index (χ2v) is 6.53. The summed E-state index contributed by atoms with van der Waals surface area (Å²) in [6.45, 7) is 13.4. The SMILES string of the molecule is CCNC(=NCCN1C(=O)CNC1=O)N1CCC(CN(CC)CC)C1.I. The molecule has 0 aromatic carbocycles. The lowest BCUT2D eigenvalue weighted by molar-refractivity contribution is -0.124. The van der Waals surface area contributed by atoms with Crippen LogP contribution >= 0.6 is 24.0 Å². The molecular weight excluding hydrogens is 447 g/mol. The Morgan fingerprint density at radius 2 is 2.04 bits per heavy atom. The molecule has 1 atom stereocenters. The Morgan fingerprint density at radius 1 is 1.31 bits per heavy atom. The van der Waals surface area contributed by atoms with Crippen molar-refractivity contribution in [1.82, 2.24) is 25.3 Å². The largest absolute Gasteiger partial charge is 0.357 e. The first kappa shape index (κ1) is 22.9. The van der Waals surface area contributed by atoms with Gasteiger partial charge in [0.25, 0.3) is 0 Å². The van der Waals surface area contributed by atoms with E-state index in [-0.39, 0.29) is 42.5 Å². The molecule has 0 spiro atoms. The molecule has 0 aromatic rings. The second-order valence-electron chi connectivity index (χ2n) is 6.53. The van der Waals surface area contributed by atoms with Crippen LogP contribution in [-0.2, 0) is 4.79 Å². The lowest BCUT2D eigenvalue weighted by Gasteiger charge is -2.24. The first-order chi connectivity index (χ1) is 12.1. The van der Waals surface area contributed by atoms with Crippen LogP contribution in [0.3, 0.4) is 0 Å². The monoisotopic (exact) mass is 480 g/mol. The predicted molar refractivity (Wildman–Crippen MR) is 114 cm³/mol. The van der Waals surface area contributed by atoms with Crippen LogP contribution in [0.25, 0.3) is 0 Å². The smallest absolute Gasteiger partial charge is 0.324 e. The lowest BCUT2D eigenvalue weighted by Crippen LogP contribution is -2.41. The maximum absolute atomic E-state index is 11.6. The van der Waals surface area contributed by atoms with E-state index in [1.807, 2.05) is 0 Å². The van der Waals surface area contributed by atoms with E-state index in [9.17, 15) is 9.59 Å². The molecule has 2 aliphatic rings. The standard InChI is InChI=1S/C17H32N6O2.HI/c1-4-18-16(19-8-10-23-15(24)11-20-17(23)25)22-9-7-14(13-22)12-21(5-2)6-3;/h14H,4-13H2,1-3H3,(H,18,19)(H,20,25);1H. The zero-order chi connectivity index (χ0) is 18.2. The molecule has 2 aliphatic heterocycles. The molecular formula is C17H33IN6O2. The molecule has 2 heterocycles. The summed E-state index contributed by atoms with van der Waals surface area (Å²) in [7, 11) is 0. The normalized spacial score (nSPS) is 20.6. The molecule has 0 saturated carbocycles. The van der Waals surface area contributed by atoms with Gasteiger partial charge in [-0.25, -0.2) is 4.79 Å². The number of likely N-dealkylation sites (tertiary alicyclic amines) is 1. The summed E-state index contributed by atoms with van der Waals surface area (Å²) in [5, 5.41) is 5.86. The number of guanidine groups is 1. The molecule has 0 radical (unpaired) electrons. The third-order valence-electron chi connectivity index (χ3n) is 4.85. The highest BCUT2D eigenvalue weighted by molar-refractivity contribution is 14.0. The third-order valence-corrected chi connectivity index (χ3v) is 4.85. The van der Waals surface area contributed by atoms with E-state index in [1.54, 1.807) is 0 Å². The summed E-state index contributed by atoms with van der Waals surface area (Å²) in [6, 6.07) is -0.314. The quantitative estimate of drug-likeness (QED) is 0.233. The lowest BCUT2D eigenvalue weighted by atomic mass is 10.1. The fraction of sp³-hybridized carbons (Fsp3) is 0.824. The molecule has 0 bridgehead atoms. The number of aliphatic imine (C=N–C) groups is 1. The van der Waals surface area contributed by atoms with Gasteiger partial charge in [0.05, 0.1) is 19.6 Å². The van der Waals surface area contributed by atoms with Crippen molar-refractivity contribution < 1.29 is 9.59 Å². The number of carbonyl (C=O) groups is 2. The number of carbonyl (C=O) groups excluding carboxylic acids is 2. The first-order valence-corrected chi connectivity index (χ1v) is 9.42. The van der Waals surface area contributed by atoms with Gasteiger partial charge in [-0.3, -0.25) is 14.7 Å². The highest BCUT2D eigenvalue weighted by Crippen LogP contribution is 2.17. The number of urea groups is 1. The number of halogens is 1. The fourth-order valence-corrected chi connectivity index (χ4v) is 3.38. The van der Waals surface area contributed by atoms with Crippen LogP contribution in [0.4, 0.5) is 4.79 Å². The molecule has 150 valence electrons. The summed E-state index contributed by atoms with van der Waals surface area (Å²) < 4.78 is 0. The van der Waals surface area contributed by atoms with Gasteiger partial charge >= 0.3 is 6.03 Å². The Morgan fingerprint density at radius 3 is 2.62 bits per heavy atom. The van der Waals surface area contributed by atoms with Crippen LogP contribution in [0.15, 0.2) is 4.99 Å². The van der Waals surface area contributed by atoms with E-state index in [4.69, 9.17) is 0 Å². The summed E-state index contributed by atoms with van der Waals surface area (Å²) in [6.07, 6.45) is 1.17. The van der Waals surface area contributed by atoms with Crippen LogP contribution in [0, 0.1) is 5.92 Å². The second kappa shape index (κ2) is 11.6. The van der Waals surface area contributed by atoms with Gasteiger partial charge in [0.1, 0.15) is 0 Å². The van der Waals surface area contributed by atoms with Crippen LogP contribution in [0.1, 0.15) is 27.2 Å². The van der Waals surface area contributed by atoms with E-state index in [2.05, 4.69) is 46.2 Å². The third kappa shape index (κ3) is 6.26. The molecule has 26 heavy (non-hydrogen) atoms. The predicted octanol–water partition coefficient (Wildman–Crippen LogP) is 0.785. The molecule has 2 N–H and O–H groups in total. The molecule has 8 nitrogen and oxygen atoms in total. The fourth-order valence-electron chi connectivity index (χ4n) is 3.38. The Balaban J connectivity index is 0.00000338. The van der Waals surface area contributed by atoms with Crippen molar-refractivity contribution in [3.05, 3.63) is 0 Å². The van der Waals surface area contributed by atoms with Gasteiger partial charge in [-0.15, -0.1) is 24.0 Å². The van der Waals surface area contributed by atoms with Crippen molar-refractivity contribution in [1.29, 1.82) is 0 Å². The van der Waals surface area contributed by atoms with Gasteiger partial charge in [0, 0.05) is 26.2 Å². The topological polar surface area (TPSA) is 80.3 Å². The number of hydrogen-bond acceptors (Lipinski definition) is 4. The van der Waals surface area contributed by atoms with E-state index in [0.29, 0.717) is 19.0 Å². The van der Waals surface area contributed by atoms with Crippen molar-refractivity contribution in [2.24, 2.45) is 10.9 Å². The summed E-state index contributed by atoms with van der Waals surface area (Å²) in [5.41, 5.74) is 0. The molecule has 3 amide bonds. The number of nitrogens with one attached hydrogen (secondary N) is 2. The number of amides is 3. The summed E-state index contributed by atoms with van der Waals surface area (Å²) >= 11 is 0.